The third kappa shape index (κ3) is 6.59. The van der Waals surface area contributed by atoms with E-state index in [2.05, 4.69) is 19.2 Å². The van der Waals surface area contributed by atoms with Crippen molar-refractivity contribution in [3.05, 3.63) is 0 Å². The smallest absolute Gasteiger partial charge is 0.251 e. The molecule has 1 aliphatic rings. The summed E-state index contributed by atoms with van der Waals surface area (Å²) in [4.78, 5) is 14.1. The molecule has 1 heterocycles. The van der Waals surface area contributed by atoms with Crippen molar-refractivity contribution in [2.45, 2.75) is 39.7 Å². The van der Waals surface area contributed by atoms with Crippen LogP contribution in [-0.4, -0.2) is 50.2 Å². The molecule has 0 aromatic heterocycles. The van der Waals surface area contributed by atoms with E-state index >= 15 is 0 Å². The highest BCUT2D eigenvalue weighted by Gasteiger charge is 2.28. The summed E-state index contributed by atoms with van der Waals surface area (Å²) in [5, 5.41) is 3.18. The van der Waals surface area contributed by atoms with Gasteiger partial charge in [-0.15, -0.1) is 12.4 Å². The van der Waals surface area contributed by atoms with Gasteiger partial charge in [0.2, 0.25) is 0 Å². The summed E-state index contributed by atoms with van der Waals surface area (Å²) in [6, 6.07) is 0. The van der Waals surface area contributed by atoms with Crippen LogP contribution in [0.15, 0.2) is 0 Å². The van der Waals surface area contributed by atoms with Crippen molar-refractivity contribution in [3.63, 3.8) is 0 Å². The number of hydrogen-bond acceptors (Lipinski definition) is 3. The maximum absolute atomic E-state index is 12.2. The average Bonchev–Trinajstić information content (AvgIpc) is 2.76. The van der Waals surface area contributed by atoms with Crippen molar-refractivity contribution in [2.24, 2.45) is 11.8 Å². The summed E-state index contributed by atoms with van der Waals surface area (Å²) in [5.74, 6) is 1.37. The Balaban J connectivity index is 0.00000324. The lowest BCUT2D eigenvalue weighted by atomic mass is 10.1. The van der Waals surface area contributed by atoms with E-state index in [9.17, 15) is 4.79 Å². The van der Waals surface area contributed by atoms with E-state index < -0.39 is 0 Å². The molecule has 4 nitrogen and oxygen atoms in total. The molecule has 1 rings (SSSR count). The van der Waals surface area contributed by atoms with E-state index in [1.54, 1.807) is 0 Å². The molecular weight excluding hydrogens is 264 g/mol. The lowest BCUT2D eigenvalue weighted by Gasteiger charge is -2.21. The minimum atomic E-state index is -0.294. The molecule has 1 fully saturated rings. The van der Waals surface area contributed by atoms with Crippen LogP contribution in [0.1, 0.15) is 33.6 Å². The van der Waals surface area contributed by atoms with Gasteiger partial charge in [-0.05, 0) is 45.2 Å². The molecule has 0 aromatic carbocycles. The number of carbonyl (C=O) groups is 1. The first-order chi connectivity index (χ1) is 8.54. The van der Waals surface area contributed by atoms with Crippen LogP contribution < -0.4 is 5.32 Å². The normalized spacial score (nSPS) is 20.5. The molecule has 0 aromatic rings. The number of nitrogens with zero attached hydrogens (tertiary/aromatic N) is 1. The molecule has 114 valence electrons. The van der Waals surface area contributed by atoms with Gasteiger partial charge in [-0.1, -0.05) is 13.8 Å². The molecular formula is C14H29ClN2O2. The molecule has 1 aliphatic heterocycles. The first-order valence-electron chi connectivity index (χ1n) is 7.09. The molecule has 0 bridgehead atoms. The predicted octanol–water partition coefficient (Wildman–Crippen LogP) is 1.93. The zero-order valence-corrected chi connectivity index (χ0v) is 13.5. The molecule has 2 atom stereocenters. The van der Waals surface area contributed by atoms with E-state index in [1.807, 2.05) is 18.9 Å². The topological polar surface area (TPSA) is 41.6 Å². The van der Waals surface area contributed by atoms with Crippen LogP contribution in [0.25, 0.3) is 0 Å². The van der Waals surface area contributed by atoms with Crippen molar-refractivity contribution in [2.75, 3.05) is 33.3 Å². The van der Waals surface area contributed by atoms with E-state index in [1.165, 1.54) is 0 Å². The number of amides is 1. The highest BCUT2D eigenvalue weighted by Crippen LogP contribution is 2.17. The molecule has 1 N–H and O–H groups in total. The first-order valence-corrected chi connectivity index (χ1v) is 7.09. The average molecular weight is 293 g/mol. The molecule has 19 heavy (non-hydrogen) atoms. The summed E-state index contributed by atoms with van der Waals surface area (Å²) in [6.07, 6.45) is 1.82. The number of hydrogen-bond donors (Lipinski definition) is 1. The van der Waals surface area contributed by atoms with Crippen molar-refractivity contribution < 1.29 is 9.53 Å². The maximum Gasteiger partial charge on any atom is 0.251 e. The lowest BCUT2D eigenvalue weighted by molar-refractivity contribution is -0.141. The van der Waals surface area contributed by atoms with Crippen LogP contribution in [0.2, 0.25) is 0 Å². The van der Waals surface area contributed by atoms with Gasteiger partial charge in [0, 0.05) is 19.7 Å². The Morgan fingerprint density at radius 1 is 1.42 bits per heavy atom. The third-order valence-electron chi connectivity index (χ3n) is 3.50. The minimum Gasteiger partial charge on any atom is -0.369 e. The Bertz CT molecular complexity index is 262. The van der Waals surface area contributed by atoms with Gasteiger partial charge in [-0.2, -0.15) is 0 Å². The molecule has 0 saturated carbocycles. The second-order valence-electron chi connectivity index (χ2n) is 5.69. The molecule has 1 saturated heterocycles. The van der Waals surface area contributed by atoms with Gasteiger partial charge < -0.3 is 15.0 Å². The largest absolute Gasteiger partial charge is 0.369 e. The Morgan fingerprint density at radius 3 is 2.68 bits per heavy atom. The van der Waals surface area contributed by atoms with Crippen LogP contribution in [0, 0.1) is 11.8 Å². The summed E-state index contributed by atoms with van der Waals surface area (Å²) >= 11 is 0. The van der Waals surface area contributed by atoms with Gasteiger partial charge in [-0.3, -0.25) is 4.79 Å². The zero-order valence-electron chi connectivity index (χ0n) is 12.6. The van der Waals surface area contributed by atoms with Crippen LogP contribution in [0.5, 0.6) is 0 Å². The van der Waals surface area contributed by atoms with Crippen molar-refractivity contribution in [1.82, 2.24) is 10.2 Å². The Labute approximate surface area is 123 Å². The fourth-order valence-corrected chi connectivity index (χ4v) is 2.30. The number of nitrogens with one attached hydrogen (secondary N) is 1. The second kappa shape index (κ2) is 9.56. The molecule has 5 heteroatoms. The SMILES string of the molecule is CNCC1CCN(C(=O)C(C)OCCC(C)C)C1.Cl. The van der Waals surface area contributed by atoms with Crippen LogP contribution >= 0.6 is 12.4 Å². The van der Waals surface area contributed by atoms with Gasteiger partial charge in [0.1, 0.15) is 6.10 Å². The minimum absolute atomic E-state index is 0. The highest BCUT2D eigenvalue weighted by molar-refractivity contribution is 5.85. The summed E-state index contributed by atoms with van der Waals surface area (Å²) in [5.41, 5.74) is 0. The first kappa shape index (κ1) is 18.7. The standard InChI is InChI=1S/C14H28N2O2.ClH/c1-11(2)6-8-18-12(3)14(17)16-7-5-13(10-16)9-15-4;/h11-13,15H,5-10H2,1-4H3;1H. The summed E-state index contributed by atoms with van der Waals surface area (Å²) < 4.78 is 5.62. The number of carbonyl (C=O) groups excluding carboxylic acids is 1. The van der Waals surface area contributed by atoms with E-state index in [0.717, 1.165) is 32.5 Å². The Kier molecular flexibility index (Phi) is 9.40. The summed E-state index contributed by atoms with van der Waals surface area (Å²) in [6.45, 7) is 9.62. The van der Waals surface area contributed by atoms with Crippen LogP contribution in [0.3, 0.4) is 0 Å². The van der Waals surface area contributed by atoms with E-state index in [-0.39, 0.29) is 24.4 Å². The fourth-order valence-electron chi connectivity index (χ4n) is 2.30. The lowest BCUT2D eigenvalue weighted by Crippen LogP contribution is -2.38. The maximum atomic E-state index is 12.2. The molecule has 2 unspecified atom stereocenters. The number of likely N-dealkylation sites (tertiary alicyclic amines) is 1. The molecule has 0 spiro atoms. The van der Waals surface area contributed by atoms with Gasteiger partial charge in [0.05, 0.1) is 0 Å². The van der Waals surface area contributed by atoms with Gasteiger partial charge in [0.15, 0.2) is 0 Å². The monoisotopic (exact) mass is 292 g/mol. The number of ether oxygens (including phenoxy) is 1. The molecule has 0 radical (unpaired) electrons. The second-order valence-corrected chi connectivity index (χ2v) is 5.69. The molecule has 1 amide bonds. The number of halogens is 1. The summed E-state index contributed by atoms with van der Waals surface area (Å²) in [7, 11) is 1.96. The van der Waals surface area contributed by atoms with Crippen molar-refractivity contribution in [3.8, 4) is 0 Å². The van der Waals surface area contributed by atoms with E-state index in [4.69, 9.17) is 4.74 Å². The van der Waals surface area contributed by atoms with Gasteiger partial charge in [0.25, 0.3) is 5.91 Å². The Hall–Kier alpha value is -0.320. The highest BCUT2D eigenvalue weighted by atomic mass is 35.5. The predicted molar refractivity (Wildman–Crippen MR) is 80.7 cm³/mol. The third-order valence-corrected chi connectivity index (χ3v) is 3.50. The van der Waals surface area contributed by atoms with E-state index in [0.29, 0.717) is 18.4 Å². The quantitative estimate of drug-likeness (QED) is 0.779. The van der Waals surface area contributed by atoms with Crippen molar-refractivity contribution >= 4 is 18.3 Å². The van der Waals surface area contributed by atoms with Crippen molar-refractivity contribution in [1.29, 1.82) is 0 Å². The molecule has 0 aliphatic carbocycles. The van der Waals surface area contributed by atoms with Crippen LogP contribution in [0.4, 0.5) is 0 Å². The van der Waals surface area contributed by atoms with Gasteiger partial charge in [-0.25, -0.2) is 0 Å². The van der Waals surface area contributed by atoms with Crippen LogP contribution in [-0.2, 0) is 9.53 Å². The Morgan fingerprint density at radius 2 is 2.11 bits per heavy atom. The number of rotatable bonds is 7. The fraction of sp³-hybridized carbons (Fsp3) is 0.929. The zero-order chi connectivity index (χ0) is 13.5. The van der Waals surface area contributed by atoms with Gasteiger partial charge >= 0.3 is 0 Å².